The Morgan fingerprint density at radius 2 is 1.62 bits per heavy atom. The third kappa shape index (κ3) is 5.80. The van der Waals surface area contributed by atoms with E-state index in [1.54, 1.807) is 24.3 Å². The number of phenols is 1. The Morgan fingerprint density at radius 1 is 1.05 bits per heavy atom. The molecule has 2 amide bonds. The van der Waals surface area contributed by atoms with Crippen LogP contribution in [0.3, 0.4) is 0 Å². The molecule has 21 heavy (non-hydrogen) atoms. The molecule has 0 aliphatic heterocycles. The minimum Gasteiger partial charge on any atom is -0.508 e. The van der Waals surface area contributed by atoms with E-state index in [0.29, 0.717) is 6.42 Å². The molecule has 1 aromatic rings. The van der Waals surface area contributed by atoms with Crippen molar-refractivity contribution in [2.75, 3.05) is 32.8 Å². The van der Waals surface area contributed by atoms with Crippen LogP contribution in [0.15, 0.2) is 24.3 Å². The average Bonchev–Trinajstić information content (AvgIpc) is 2.48. The maximum Gasteiger partial charge on any atom is 0.312 e. The van der Waals surface area contributed by atoms with Crippen molar-refractivity contribution in [2.45, 2.75) is 6.42 Å². The number of carbonyl (C=O) groups excluding carboxylic acids is 2. The van der Waals surface area contributed by atoms with Crippen LogP contribution < -0.4 is 5.32 Å². The number of carbonyl (C=O) groups is 2. The third-order valence-electron chi connectivity index (χ3n) is 2.86. The topological polar surface area (TPSA) is 110 Å². The lowest BCUT2D eigenvalue weighted by Gasteiger charge is -2.19. The number of nitrogens with zero attached hydrogens (tertiary/aromatic N) is 1. The van der Waals surface area contributed by atoms with Gasteiger partial charge in [0.15, 0.2) is 0 Å². The van der Waals surface area contributed by atoms with Crippen molar-refractivity contribution < 1.29 is 24.9 Å². The molecule has 116 valence electrons. The van der Waals surface area contributed by atoms with E-state index in [2.05, 4.69) is 5.32 Å². The first kappa shape index (κ1) is 16.9. The van der Waals surface area contributed by atoms with Crippen LogP contribution in [-0.4, -0.2) is 64.9 Å². The number of hydrogen-bond acceptors (Lipinski definition) is 5. The maximum absolute atomic E-state index is 11.8. The van der Waals surface area contributed by atoms with Gasteiger partial charge in [-0.3, -0.25) is 9.59 Å². The second kappa shape index (κ2) is 8.93. The van der Waals surface area contributed by atoms with Crippen molar-refractivity contribution in [1.29, 1.82) is 0 Å². The summed E-state index contributed by atoms with van der Waals surface area (Å²) in [5, 5.41) is 29.3. The zero-order chi connectivity index (χ0) is 15.7. The predicted molar refractivity (Wildman–Crippen MR) is 75.6 cm³/mol. The van der Waals surface area contributed by atoms with Crippen molar-refractivity contribution in [1.82, 2.24) is 10.2 Å². The number of aliphatic hydroxyl groups excluding tert-OH is 2. The summed E-state index contributed by atoms with van der Waals surface area (Å²) in [4.78, 5) is 24.5. The molecule has 0 spiro atoms. The van der Waals surface area contributed by atoms with Crippen LogP contribution in [0.4, 0.5) is 0 Å². The molecule has 0 atom stereocenters. The Balaban J connectivity index is 2.41. The van der Waals surface area contributed by atoms with Crippen LogP contribution in [0.1, 0.15) is 5.56 Å². The van der Waals surface area contributed by atoms with Gasteiger partial charge in [0, 0.05) is 19.6 Å². The molecule has 0 heterocycles. The molecule has 1 rings (SSSR count). The summed E-state index contributed by atoms with van der Waals surface area (Å²) in [7, 11) is 0. The van der Waals surface area contributed by atoms with Crippen molar-refractivity contribution in [3.8, 4) is 5.75 Å². The molecule has 0 saturated carbocycles. The van der Waals surface area contributed by atoms with Crippen molar-refractivity contribution in [3.05, 3.63) is 29.8 Å². The average molecular weight is 296 g/mol. The number of hydrogen-bond donors (Lipinski definition) is 4. The summed E-state index contributed by atoms with van der Waals surface area (Å²) in [6, 6.07) is 6.55. The molecule has 0 fully saturated rings. The lowest BCUT2D eigenvalue weighted by Crippen LogP contribution is -2.45. The van der Waals surface area contributed by atoms with E-state index in [1.807, 2.05) is 0 Å². The van der Waals surface area contributed by atoms with E-state index in [9.17, 15) is 9.59 Å². The zero-order valence-corrected chi connectivity index (χ0v) is 11.7. The van der Waals surface area contributed by atoms with E-state index in [-0.39, 0.29) is 38.6 Å². The van der Waals surface area contributed by atoms with Gasteiger partial charge < -0.3 is 25.5 Å². The van der Waals surface area contributed by atoms with Crippen LogP contribution in [0.5, 0.6) is 5.75 Å². The molecule has 0 aromatic heterocycles. The Bertz CT molecular complexity index is 455. The monoisotopic (exact) mass is 296 g/mol. The maximum atomic E-state index is 11.8. The number of rotatable bonds is 7. The van der Waals surface area contributed by atoms with Gasteiger partial charge in [-0.25, -0.2) is 0 Å². The summed E-state index contributed by atoms with van der Waals surface area (Å²) < 4.78 is 0. The predicted octanol–water partition coefficient (Wildman–Crippen LogP) is -1.14. The number of aromatic hydroxyl groups is 1. The molecule has 0 bridgehead atoms. The van der Waals surface area contributed by atoms with Crippen LogP contribution in [0, 0.1) is 0 Å². The quantitative estimate of drug-likeness (QED) is 0.476. The first-order chi connectivity index (χ1) is 10.1. The summed E-state index contributed by atoms with van der Waals surface area (Å²) in [6.45, 7) is -0.254. The molecular weight excluding hydrogens is 276 g/mol. The van der Waals surface area contributed by atoms with E-state index in [0.717, 1.165) is 10.5 Å². The molecular formula is C14H20N2O5. The Labute approximate surface area is 122 Å². The van der Waals surface area contributed by atoms with Crippen LogP contribution in [-0.2, 0) is 16.0 Å². The van der Waals surface area contributed by atoms with Gasteiger partial charge in [0.2, 0.25) is 0 Å². The SMILES string of the molecule is O=C(NCCc1ccc(O)cc1)C(=O)N(CCO)CCO. The summed E-state index contributed by atoms with van der Waals surface area (Å²) in [5.74, 6) is -1.37. The van der Waals surface area contributed by atoms with Gasteiger partial charge in [-0.15, -0.1) is 0 Å². The number of phenolic OH excluding ortho intramolecular Hbond substituents is 1. The fourth-order valence-electron chi connectivity index (χ4n) is 1.76. The van der Waals surface area contributed by atoms with Gasteiger partial charge in [-0.05, 0) is 24.1 Å². The second-order valence-corrected chi connectivity index (χ2v) is 4.41. The smallest absolute Gasteiger partial charge is 0.312 e. The molecule has 7 heteroatoms. The Kier molecular flexibility index (Phi) is 7.20. The highest BCUT2D eigenvalue weighted by atomic mass is 16.3. The highest BCUT2D eigenvalue weighted by Crippen LogP contribution is 2.09. The molecule has 1 aromatic carbocycles. The standard InChI is InChI=1S/C14H20N2O5/c17-9-7-16(8-10-18)14(21)13(20)15-6-5-11-1-3-12(19)4-2-11/h1-4,17-19H,5-10H2,(H,15,20). The lowest BCUT2D eigenvalue weighted by molar-refractivity contribution is -0.146. The Hall–Kier alpha value is -2.12. The molecule has 0 aliphatic carbocycles. The van der Waals surface area contributed by atoms with Gasteiger partial charge in [0.1, 0.15) is 5.75 Å². The molecule has 0 saturated heterocycles. The number of aliphatic hydroxyl groups is 2. The number of benzene rings is 1. The van der Waals surface area contributed by atoms with Crippen molar-refractivity contribution in [2.24, 2.45) is 0 Å². The third-order valence-corrected chi connectivity index (χ3v) is 2.86. The molecule has 0 aliphatic rings. The Morgan fingerprint density at radius 3 is 2.14 bits per heavy atom. The molecule has 7 nitrogen and oxygen atoms in total. The second-order valence-electron chi connectivity index (χ2n) is 4.41. The molecule has 0 unspecified atom stereocenters. The van der Waals surface area contributed by atoms with Gasteiger partial charge in [0.25, 0.3) is 0 Å². The van der Waals surface area contributed by atoms with Crippen molar-refractivity contribution >= 4 is 11.8 Å². The fraction of sp³-hybridized carbons (Fsp3) is 0.429. The van der Waals surface area contributed by atoms with Crippen LogP contribution in [0.25, 0.3) is 0 Å². The lowest BCUT2D eigenvalue weighted by atomic mass is 10.1. The highest BCUT2D eigenvalue weighted by molar-refractivity contribution is 6.35. The van der Waals surface area contributed by atoms with Crippen LogP contribution >= 0.6 is 0 Å². The van der Waals surface area contributed by atoms with E-state index < -0.39 is 11.8 Å². The minimum atomic E-state index is -0.774. The van der Waals surface area contributed by atoms with Crippen molar-refractivity contribution in [3.63, 3.8) is 0 Å². The summed E-state index contributed by atoms with van der Waals surface area (Å²) in [5.41, 5.74) is 0.920. The summed E-state index contributed by atoms with van der Waals surface area (Å²) in [6.07, 6.45) is 0.527. The van der Waals surface area contributed by atoms with E-state index >= 15 is 0 Å². The van der Waals surface area contributed by atoms with E-state index in [1.165, 1.54) is 0 Å². The first-order valence-corrected chi connectivity index (χ1v) is 6.65. The van der Waals surface area contributed by atoms with Crippen LogP contribution in [0.2, 0.25) is 0 Å². The first-order valence-electron chi connectivity index (χ1n) is 6.65. The van der Waals surface area contributed by atoms with Gasteiger partial charge in [-0.2, -0.15) is 0 Å². The largest absolute Gasteiger partial charge is 0.508 e. The number of amides is 2. The molecule has 0 radical (unpaired) electrons. The zero-order valence-electron chi connectivity index (χ0n) is 11.7. The molecule has 4 N–H and O–H groups in total. The van der Waals surface area contributed by atoms with Gasteiger partial charge in [-0.1, -0.05) is 12.1 Å². The van der Waals surface area contributed by atoms with Gasteiger partial charge >= 0.3 is 11.8 Å². The highest BCUT2D eigenvalue weighted by Gasteiger charge is 2.20. The summed E-state index contributed by atoms with van der Waals surface area (Å²) >= 11 is 0. The van der Waals surface area contributed by atoms with E-state index in [4.69, 9.17) is 15.3 Å². The normalized spacial score (nSPS) is 10.2. The van der Waals surface area contributed by atoms with Gasteiger partial charge in [0.05, 0.1) is 13.2 Å². The number of nitrogens with one attached hydrogen (secondary N) is 1. The minimum absolute atomic E-state index is 0.00474. The fourth-order valence-corrected chi connectivity index (χ4v) is 1.76.